The Morgan fingerprint density at radius 3 is 2.71 bits per heavy atom. The highest BCUT2D eigenvalue weighted by atomic mass is 79.9. The third kappa shape index (κ3) is 1.59. The molecular weight excluding hydrogens is 264 g/mol. The van der Waals surface area contributed by atoms with Gasteiger partial charge >= 0.3 is 0 Å². The molecular formula is C9H11BrN2OS. The number of halogens is 1. The van der Waals surface area contributed by atoms with Crippen LogP contribution < -0.4 is 4.90 Å². The van der Waals surface area contributed by atoms with Crippen LogP contribution in [0.5, 0.6) is 0 Å². The molecule has 0 bridgehead atoms. The van der Waals surface area contributed by atoms with Gasteiger partial charge in [-0.25, -0.2) is 4.98 Å². The summed E-state index contributed by atoms with van der Waals surface area (Å²) in [5, 5.41) is 0.840. The van der Waals surface area contributed by atoms with E-state index >= 15 is 0 Å². The molecule has 1 atom stereocenters. The number of carbonyl (C=O) groups is 1. The second-order valence-electron chi connectivity index (χ2n) is 3.38. The Balaban J connectivity index is 2.28. The molecule has 0 spiro atoms. The zero-order chi connectivity index (χ0) is 10.3. The second kappa shape index (κ2) is 3.62. The second-order valence-corrected chi connectivity index (χ2v) is 5.67. The fourth-order valence-corrected chi connectivity index (χ4v) is 2.80. The zero-order valence-electron chi connectivity index (χ0n) is 8.08. The highest BCUT2D eigenvalue weighted by Crippen LogP contribution is 2.30. The number of anilines is 1. The van der Waals surface area contributed by atoms with Crippen molar-refractivity contribution in [2.45, 2.75) is 25.1 Å². The smallest absolute Gasteiger partial charge is 0.242 e. The minimum Gasteiger partial charge on any atom is -0.287 e. The maximum atomic E-state index is 11.7. The van der Waals surface area contributed by atoms with Gasteiger partial charge in [0, 0.05) is 11.4 Å². The number of hydrogen-bond acceptors (Lipinski definition) is 3. The standard InChI is InChI=1S/C9H11BrN2OS/c1-5-6(2)14-9(11-5)12-4-3-7(10)8(12)13/h7H,3-4H2,1-2H3. The molecule has 1 saturated heterocycles. The van der Waals surface area contributed by atoms with Crippen LogP contribution in [0.15, 0.2) is 0 Å². The van der Waals surface area contributed by atoms with Crippen molar-refractivity contribution < 1.29 is 4.79 Å². The summed E-state index contributed by atoms with van der Waals surface area (Å²) in [5.41, 5.74) is 1.02. The molecule has 1 amide bonds. The van der Waals surface area contributed by atoms with E-state index in [0.29, 0.717) is 0 Å². The molecule has 0 radical (unpaired) electrons. The lowest BCUT2D eigenvalue weighted by Gasteiger charge is -2.10. The Morgan fingerprint density at radius 1 is 1.57 bits per heavy atom. The highest BCUT2D eigenvalue weighted by Gasteiger charge is 2.32. The van der Waals surface area contributed by atoms with Crippen molar-refractivity contribution in [2.75, 3.05) is 11.4 Å². The Kier molecular flexibility index (Phi) is 2.62. The van der Waals surface area contributed by atoms with Crippen LogP contribution in [0.1, 0.15) is 17.0 Å². The molecule has 3 nitrogen and oxygen atoms in total. The van der Waals surface area contributed by atoms with Crippen LogP contribution in [0, 0.1) is 13.8 Å². The monoisotopic (exact) mass is 274 g/mol. The van der Waals surface area contributed by atoms with E-state index in [1.807, 2.05) is 13.8 Å². The lowest BCUT2D eigenvalue weighted by atomic mass is 10.4. The van der Waals surface area contributed by atoms with Gasteiger partial charge in [0.05, 0.1) is 10.5 Å². The largest absolute Gasteiger partial charge is 0.287 e. The summed E-state index contributed by atoms with van der Waals surface area (Å²) < 4.78 is 0. The quantitative estimate of drug-likeness (QED) is 0.736. The maximum Gasteiger partial charge on any atom is 0.242 e. The number of hydrogen-bond donors (Lipinski definition) is 0. The molecule has 1 aromatic rings. The van der Waals surface area contributed by atoms with Crippen LogP contribution >= 0.6 is 27.3 Å². The molecule has 14 heavy (non-hydrogen) atoms. The lowest BCUT2D eigenvalue weighted by molar-refractivity contribution is -0.116. The number of aryl methyl sites for hydroxylation is 2. The summed E-state index contributed by atoms with van der Waals surface area (Å²) in [4.78, 5) is 19.0. The molecule has 1 aliphatic rings. The molecule has 76 valence electrons. The molecule has 1 unspecified atom stereocenters. The first-order valence-corrected chi connectivity index (χ1v) is 6.22. The van der Waals surface area contributed by atoms with Gasteiger partial charge in [-0.15, -0.1) is 11.3 Å². The number of amides is 1. The van der Waals surface area contributed by atoms with Crippen LogP contribution in [0.4, 0.5) is 5.13 Å². The number of rotatable bonds is 1. The van der Waals surface area contributed by atoms with E-state index in [-0.39, 0.29) is 10.7 Å². The van der Waals surface area contributed by atoms with E-state index in [1.165, 1.54) is 4.88 Å². The van der Waals surface area contributed by atoms with E-state index in [2.05, 4.69) is 20.9 Å². The molecule has 2 rings (SSSR count). The Labute approximate surface area is 95.3 Å². The van der Waals surface area contributed by atoms with Crippen LogP contribution in [-0.4, -0.2) is 22.3 Å². The highest BCUT2D eigenvalue weighted by molar-refractivity contribution is 9.10. The first kappa shape index (κ1) is 10.1. The third-order valence-corrected chi connectivity index (χ3v) is 4.33. The first-order chi connectivity index (χ1) is 6.59. The molecule has 0 saturated carbocycles. The molecule has 0 aliphatic carbocycles. The molecule has 2 heterocycles. The summed E-state index contributed by atoms with van der Waals surface area (Å²) in [6, 6.07) is 0. The fourth-order valence-electron chi connectivity index (χ4n) is 1.41. The van der Waals surface area contributed by atoms with Crippen molar-refractivity contribution in [1.82, 2.24) is 4.98 Å². The van der Waals surface area contributed by atoms with Crippen molar-refractivity contribution >= 4 is 38.3 Å². The van der Waals surface area contributed by atoms with Crippen molar-refractivity contribution in [3.8, 4) is 0 Å². The van der Waals surface area contributed by atoms with E-state index in [0.717, 1.165) is 23.8 Å². The van der Waals surface area contributed by atoms with E-state index in [4.69, 9.17) is 0 Å². The Hall–Kier alpha value is -0.420. The summed E-state index contributed by atoms with van der Waals surface area (Å²) in [5.74, 6) is 0.138. The number of aromatic nitrogens is 1. The number of thiazole rings is 1. The van der Waals surface area contributed by atoms with Crippen molar-refractivity contribution in [2.24, 2.45) is 0 Å². The number of carbonyl (C=O) groups excluding carboxylic acids is 1. The molecule has 0 aromatic carbocycles. The predicted octanol–water partition coefficient (Wildman–Crippen LogP) is 2.26. The average Bonchev–Trinajstić information content (AvgIpc) is 2.61. The van der Waals surface area contributed by atoms with E-state index < -0.39 is 0 Å². The van der Waals surface area contributed by atoms with Gasteiger partial charge in [0.1, 0.15) is 0 Å². The van der Waals surface area contributed by atoms with Gasteiger partial charge in [0.15, 0.2) is 5.13 Å². The van der Waals surface area contributed by atoms with Gasteiger partial charge in [0.25, 0.3) is 0 Å². The molecule has 1 aliphatic heterocycles. The minimum atomic E-state index is -0.0213. The van der Waals surface area contributed by atoms with E-state index in [9.17, 15) is 4.79 Å². The van der Waals surface area contributed by atoms with Crippen molar-refractivity contribution in [3.63, 3.8) is 0 Å². The van der Waals surface area contributed by atoms with Crippen LogP contribution in [-0.2, 0) is 4.79 Å². The Bertz CT molecular complexity index is 357. The minimum absolute atomic E-state index is 0.0213. The van der Waals surface area contributed by atoms with Crippen molar-refractivity contribution in [1.29, 1.82) is 0 Å². The van der Waals surface area contributed by atoms with E-state index in [1.54, 1.807) is 16.2 Å². The lowest BCUT2D eigenvalue weighted by Crippen LogP contribution is -2.26. The van der Waals surface area contributed by atoms with Crippen LogP contribution in [0.25, 0.3) is 0 Å². The van der Waals surface area contributed by atoms with Gasteiger partial charge in [0.2, 0.25) is 5.91 Å². The van der Waals surface area contributed by atoms with Gasteiger partial charge in [-0.3, -0.25) is 9.69 Å². The van der Waals surface area contributed by atoms with Crippen LogP contribution in [0.3, 0.4) is 0 Å². The first-order valence-electron chi connectivity index (χ1n) is 4.49. The van der Waals surface area contributed by atoms with Gasteiger partial charge in [-0.2, -0.15) is 0 Å². The van der Waals surface area contributed by atoms with Gasteiger partial charge in [-0.05, 0) is 20.3 Å². The van der Waals surface area contributed by atoms with Gasteiger partial charge in [-0.1, -0.05) is 15.9 Å². The molecule has 1 aromatic heterocycles. The summed E-state index contributed by atoms with van der Waals surface area (Å²) in [6.07, 6.45) is 0.872. The van der Waals surface area contributed by atoms with Crippen LogP contribution in [0.2, 0.25) is 0 Å². The maximum absolute atomic E-state index is 11.7. The number of alkyl halides is 1. The van der Waals surface area contributed by atoms with Gasteiger partial charge < -0.3 is 0 Å². The topological polar surface area (TPSA) is 33.2 Å². The summed E-state index contributed by atoms with van der Waals surface area (Å²) >= 11 is 4.94. The molecule has 0 N–H and O–H groups in total. The number of nitrogens with zero attached hydrogens (tertiary/aromatic N) is 2. The Morgan fingerprint density at radius 2 is 2.29 bits per heavy atom. The summed E-state index contributed by atoms with van der Waals surface area (Å²) in [7, 11) is 0. The third-order valence-electron chi connectivity index (χ3n) is 2.39. The summed E-state index contributed by atoms with van der Waals surface area (Å²) in [6.45, 7) is 4.78. The molecule has 1 fully saturated rings. The normalized spacial score (nSPS) is 22.1. The fraction of sp³-hybridized carbons (Fsp3) is 0.556. The predicted molar refractivity (Wildman–Crippen MR) is 61.3 cm³/mol. The SMILES string of the molecule is Cc1nc(N2CCC(Br)C2=O)sc1C. The molecule has 5 heteroatoms. The average molecular weight is 275 g/mol. The van der Waals surface area contributed by atoms with Crippen molar-refractivity contribution in [3.05, 3.63) is 10.6 Å². The zero-order valence-corrected chi connectivity index (χ0v) is 10.5.